The molecular formula is C16H23ClFNS. The number of rotatable bonds is 6. The lowest BCUT2D eigenvalue weighted by Crippen LogP contribution is -2.31. The maximum absolute atomic E-state index is 13.8. The molecule has 0 spiro atoms. The maximum Gasteiger partial charge on any atom is 0.127 e. The maximum atomic E-state index is 13.8. The second-order valence-electron chi connectivity index (χ2n) is 5.52. The molecule has 112 valence electrons. The molecule has 0 aliphatic heterocycles. The van der Waals surface area contributed by atoms with Gasteiger partial charge < -0.3 is 5.32 Å². The zero-order chi connectivity index (χ0) is 14.4. The minimum atomic E-state index is -0.194. The summed E-state index contributed by atoms with van der Waals surface area (Å²) in [5, 5.41) is 4.57. The van der Waals surface area contributed by atoms with E-state index in [0.717, 1.165) is 23.0 Å². The first kappa shape index (κ1) is 16.1. The highest BCUT2D eigenvalue weighted by atomic mass is 35.5. The second-order valence-corrected chi connectivity index (χ2v) is 7.29. The molecule has 1 N–H and O–H groups in total. The standard InChI is InChI=1S/C16H23ClFNS/c1-19-14(11-20-15-5-3-2-4-6-15)9-12-7-8-13(17)10-16(12)18/h7-8,10,14-15,19H,2-6,9,11H2,1H3. The molecule has 1 unspecified atom stereocenters. The second kappa shape index (κ2) is 8.26. The first-order valence-corrected chi connectivity index (χ1v) is 8.84. The molecule has 0 aromatic heterocycles. The summed E-state index contributed by atoms with van der Waals surface area (Å²) in [5.74, 6) is 0.851. The van der Waals surface area contributed by atoms with Gasteiger partial charge in [-0.3, -0.25) is 0 Å². The molecule has 0 heterocycles. The Labute approximate surface area is 130 Å². The summed E-state index contributed by atoms with van der Waals surface area (Å²) in [5.41, 5.74) is 0.748. The van der Waals surface area contributed by atoms with Crippen LogP contribution in [0.5, 0.6) is 0 Å². The van der Waals surface area contributed by atoms with Gasteiger partial charge in [0.25, 0.3) is 0 Å². The molecule has 0 amide bonds. The average molecular weight is 316 g/mol. The molecule has 1 aromatic carbocycles. The molecule has 1 saturated carbocycles. The van der Waals surface area contributed by atoms with Gasteiger partial charge in [-0.1, -0.05) is 36.9 Å². The quantitative estimate of drug-likeness (QED) is 0.818. The molecule has 2 rings (SSSR count). The monoisotopic (exact) mass is 315 g/mol. The SMILES string of the molecule is CNC(CSC1CCCCC1)Cc1ccc(Cl)cc1F. The Kier molecular flexibility index (Phi) is 6.66. The van der Waals surface area contributed by atoms with Crippen LogP contribution in [-0.4, -0.2) is 24.1 Å². The Bertz CT molecular complexity index is 421. The van der Waals surface area contributed by atoms with Crippen LogP contribution < -0.4 is 5.32 Å². The average Bonchev–Trinajstić information content (AvgIpc) is 2.46. The normalized spacial score (nSPS) is 18.1. The summed E-state index contributed by atoms with van der Waals surface area (Å²) in [7, 11) is 1.96. The fraction of sp³-hybridized carbons (Fsp3) is 0.625. The summed E-state index contributed by atoms with van der Waals surface area (Å²) in [6.07, 6.45) is 7.54. The van der Waals surface area contributed by atoms with Gasteiger partial charge in [0.2, 0.25) is 0 Å². The predicted octanol–water partition coefficient (Wildman–Crippen LogP) is 4.68. The summed E-state index contributed by atoms with van der Waals surface area (Å²) in [6, 6.07) is 5.28. The molecular weight excluding hydrogens is 293 g/mol. The van der Waals surface area contributed by atoms with E-state index in [1.807, 2.05) is 18.8 Å². The molecule has 1 aliphatic carbocycles. The van der Waals surface area contributed by atoms with E-state index in [1.54, 1.807) is 12.1 Å². The van der Waals surface area contributed by atoms with Crippen molar-refractivity contribution < 1.29 is 4.39 Å². The van der Waals surface area contributed by atoms with Crippen molar-refractivity contribution >= 4 is 23.4 Å². The Morgan fingerprint density at radius 3 is 2.75 bits per heavy atom. The van der Waals surface area contributed by atoms with Gasteiger partial charge in [0.15, 0.2) is 0 Å². The lowest BCUT2D eigenvalue weighted by Gasteiger charge is -2.24. The van der Waals surface area contributed by atoms with Gasteiger partial charge in [-0.2, -0.15) is 11.8 Å². The Hall–Kier alpha value is -0.250. The Morgan fingerprint density at radius 2 is 2.10 bits per heavy atom. The lowest BCUT2D eigenvalue weighted by atomic mass is 10.0. The number of hydrogen-bond donors (Lipinski definition) is 1. The molecule has 1 fully saturated rings. The van der Waals surface area contributed by atoms with E-state index < -0.39 is 0 Å². The van der Waals surface area contributed by atoms with Crippen LogP contribution in [0.3, 0.4) is 0 Å². The third kappa shape index (κ3) is 4.94. The molecule has 0 radical (unpaired) electrons. The highest BCUT2D eigenvalue weighted by molar-refractivity contribution is 7.99. The summed E-state index contributed by atoms with van der Waals surface area (Å²) >= 11 is 7.84. The number of hydrogen-bond acceptors (Lipinski definition) is 2. The van der Waals surface area contributed by atoms with Crippen LogP contribution in [0, 0.1) is 5.82 Å². The van der Waals surface area contributed by atoms with Crippen LogP contribution >= 0.6 is 23.4 Å². The van der Waals surface area contributed by atoms with Crippen LogP contribution in [0.4, 0.5) is 4.39 Å². The van der Waals surface area contributed by atoms with E-state index in [4.69, 9.17) is 11.6 Å². The third-order valence-corrected chi connectivity index (χ3v) is 5.75. The zero-order valence-corrected chi connectivity index (χ0v) is 13.6. The largest absolute Gasteiger partial charge is 0.316 e. The van der Waals surface area contributed by atoms with Crippen molar-refractivity contribution in [1.29, 1.82) is 0 Å². The van der Waals surface area contributed by atoms with E-state index in [1.165, 1.54) is 38.2 Å². The minimum Gasteiger partial charge on any atom is -0.316 e. The Morgan fingerprint density at radius 1 is 1.35 bits per heavy atom. The van der Waals surface area contributed by atoms with Crippen molar-refractivity contribution in [2.45, 2.75) is 49.8 Å². The van der Waals surface area contributed by atoms with Crippen LogP contribution in [-0.2, 0) is 6.42 Å². The molecule has 0 saturated heterocycles. The number of halogens is 2. The number of thioether (sulfide) groups is 1. The highest BCUT2D eigenvalue weighted by Crippen LogP contribution is 2.29. The number of nitrogens with one attached hydrogen (secondary N) is 1. The molecule has 0 bridgehead atoms. The van der Waals surface area contributed by atoms with Gasteiger partial charge in [0, 0.05) is 22.1 Å². The van der Waals surface area contributed by atoms with Crippen LogP contribution in [0.1, 0.15) is 37.7 Å². The van der Waals surface area contributed by atoms with Crippen LogP contribution in [0.15, 0.2) is 18.2 Å². The summed E-state index contributed by atoms with van der Waals surface area (Å²) < 4.78 is 13.8. The molecule has 1 atom stereocenters. The van der Waals surface area contributed by atoms with Gasteiger partial charge in [-0.05, 0) is 44.0 Å². The molecule has 20 heavy (non-hydrogen) atoms. The first-order chi connectivity index (χ1) is 9.69. The van der Waals surface area contributed by atoms with Gasteiger partial charge in [-0.25, -0.2) is 4.39 Å². The van der Waals surface area contributed by atoms with E-state index in [0.29, 0.717) is 11.1 Å². The van der Waals surface area contributed by atoms with Crippen LogP contribution in [0.25, 0.3) is 0 Å². The number of likely N-dealkylation sites (N-methyl/N-ethyl adjacent to an activating group) is 1. The van der Waals surface area contributed by atoms with Crippen LogP contribution in [0.2, 0.25) is 5.02 Å². The molecule has 1 aliphatic rings. The lowest BCUT2D eigenvalue weighted by molar-refractivity contribution is 0.513. The van der Waals surface area contributed by atoms with Gasteiger partial charge in [0.05, 0.1) is 0 Å². The third-order valence-electron chi connectivity index (χ3n) is 3.97. The smallest absolute Gasteiger partial charge is 0.127 e. The first-order valence-electron chi connectivity index (χ1n) is 7.42. The van der Waals surface area contributed by atoms with Crippen molar-refractivity contribution in [2.75, 3.05) is 12.8 Å². The zero-order valence-electron chi connectivity index (χ0n) is 12.0. The van der Waals surface area contributed by atoms with Crippen molar-refractivity contribution in [3.63, 3.8) is 0 Å². The van der Waals surface area contributed by atoms with Gasteiger partial charge in [0.1, 0.15) is 5.82 Å². The van der Waals surface area contributed by atoms with E-state index in [-0.39, 0.29) is 5.82 Å². The van der Waals surface area contributed by atoms with Crippen molar-refractivity contribution in [3.05, 3.63) is 34.6 Å². The highest BCUT2D eigenvalue weighted by Gasteiger charge is 2.17. The molecule has 1 aromatic rings. The fourth-order valence-electron chi connectivity index (χ4n) is 2.68. The summed E-state index contributed by atoms with van der Waals surface area (Å²) in [4.78, 5) is 0. The van der Waals surface area contributed by atoms with E-state index in [9.17, 15) is 4.39 Å². The molecule has 1 nitrogen and oxygen atoms in total. The van der Waals surface area contributed by atoms with E-state index in [2.05, 4.69) is 5.32 Å². The fourth-order valence-corrected chi connectivity index (χ4v) is 4.30. The Balaban J connectivity index is 1.84. The topological polar surface area (TPSA) is 12.0 Å². The number of benzene rings is 1. The van der Waals surface area contributed by atoms with Crippen molar-refractivity contribution in [2.24, 2.45) is 0 Å². The van der Waals surface area contributed by atoms with Gasteiger partial charge in [-0.15, -0.1) is 0 Å². The van der Waals surface area contributed by atoms with Gasteiger partial charge >= 0.3 is 0 Å². The predicted molar refractivity (Wildman–Crippen MR) is 87.3 cm³/mol. The van der Waals surface area contributed by atoms with Crippen molar-refractivity contribution in [1.82, 2.24) is 5.32 Å². The van der Waals surface area contributed by atoms with E-state index >= 15 is 0 Å². The summed E-state index contributed by atoms with van der Waals surface area (Å²) in [6.45, 7) is 0. The molecule has 4 heteroatoms. The van der Waals surface area contributed by atoms with Crippen molar-refractivity contribution in [3.8, 4) is 0 Å². The minimum absolute atomic E-state index is 0.194.